The third-order valence-corrected chi connectivity index (χ3v) is 3.87. The van der Waals surface area contributed by atoms with Gasteiger partial charge in [-0.2, -0.15) is 5.10 Å². The molecule has 1 aromatic heterocycles. The fourth-order valence-corrected chi connectivity index (χ4v) is 2.43. The van der Waals surface area contributed by atoms with E-state index in [0.717, 1.165) is 5.56 Å². The second kappa shape index (κ2) is 5.59. The summed E-state index contributed by atoms with van der Waals surface area (Å²) in [5.74, 6) is 2.11. The van der Waals surface area contributed by atoms with E-state index in [1.165, 1.54) is 6.20 Å². The number of hydrogen-bond donors (Lipinski definition) is 0. The highest BCUT2D eigenvalue weighted by Gasteiger charge is 2.18. The van der Waals surface area contributed by atoms with E-state index in [9.17, 15) is 8.42 Å². The highest BCUT2D eigenvalue weighted by Crippen LogP contribution is 2.16. The monoisotopic (exact) mass is 273 g/mol. The number of sulfone groups is 1. The number of aromatic nitrogens is 3. The van der Waals surface area contributed by atoms with Crippen molar-refractivity contribution in [3.63, 3.8) is 0 Å². The first-order chi connectivity index (χ1) is 9.13. The number of terminal acetylenes is 1. The van der Waals surface area contributed by atoms with Gasteiger partial charge >= 0.3 is 0 Å². The Kier molecular flexibility index (Phi) is 3.88. The summed E-state index contributed by atoms with van der Waals surface area (Å²) in [4.78, 5) is 4.04. The molecule has 0 aliphatic rings. The van der Waals surface area contributed by atoms with Crippen LogP contribution in [0.25, 0.3) is 11.3 Å². The summed E-state index contributed by atoms with van der Waals surface area (Å²) >= 11 is 0. The Labute approximate surface area is 111 Å². The van der Waals surface area contributed by atoms with Gasteiger partial charge < -0.3 is 0 Å². The molecule has 0 amide bonds. The Morgan fingerprint density at radius 3 is 2.63 bits per heavy atom. The lowest BCUT2D eigenvalue weighted by Crippen LogP contribution is -2.12. The van der Waals surface area contributed by atoms with Crippen molar-refractivity contribution in [3.8, 4) is 23.6 Å². The molecule has 2 rings (SSSR count). The minimum atomic E-state index is -3.58. The van der Waals surface area contributed by atoms with Gasteiger partial charge in [-0.25, -0.2) is 13.4 Å². The van der Waals surface area contributed by atoms with Crippen LogP contribution in [0.2, 0.25) is 0 Å². The predicted molar refractivity (Wildman–Crippen MR) is 70.8 cm³/mol. The van der Waals surface area contributed by atoms with Crippen molar-refractivity contribution in [1.29, 1.82) is 0 Å². The van der Waals surface area contributed by atoms with Crippen LogP contribution in [0, 0.1) is 12.3 Å². The maximum Gasteiger partial charge on any atom is 0.268 e. The molecule has 0 bridgehead atoms. The van der Waals surface area contributed by atoms with E-state index in [1.807, 2.05) is 30.3 Å². The lowest BCUT2D eigenvalue weighted by atomic mass is 10.2. The van der Waals surface area contributed by atoms with Gasteiger partial charge in [0, 0.05) is 12.0 Å². The number of hydrogen-bond acceptors (Lipinski definition) is 5. The van der Waals surface area contributed by atoms with Crippen LogP contribution in [-0.4, -0.2) is 29.4 Å². The molecule has 96 valence electrons. The molecule has 0 aliphatic carbocycles. The lowest BCUT2D eigenvalue weighted by Gasteiger charge is -2.03. The minimum Gasteiger partial charge on any atom is -0.220 e. The number of rotatable bonds is 4. The van der Waals surface area contributed by atoms with E-state index < -0.39 is 9.84 Å². The average Bonchev–Trinajstić information content (AvgIpc) is 2.46. The topological polar surface area (TPSA) is 72.8 Å². The molecule has 5 nitrogen and oxygen atoms in total. The van der Waals surface area contributed by atoms with Crippen molar-refractivity contribution in [2.45, 2.75) is 11.6 Å². The molecule has 1 heterocycles. The Bertz CT molecular complexity index is 706. The first-order valence-corrected chi connectivity index (χ1v) is 7.20. The molecular weight excluding hydrogens is 262 g/mol. The molecule has 0 radical (unpaired) electrons. The normalized spacial score (nSPS) is 10.9. The summed E-state index contributed by atoms with van der Waals surface area (Å²) < 4.78 is 23.8. The molecule has 1 aromatic carbocycles. The van der Waals surface area contributed by atoms with Gasteiger partial charge in [0.05, 0.1) is 17.6 Å². The molecule has 0 aliphatic heterocycles. The molecule has 0 atom stereocenters. The van der Waals surface area contributed by atoms with Gasteiger partial charge in [0.15, 0.2) is 0 Å². The summed E-state index contributed by atoms with van der Waals surface area (Å²) in [5, 5.41) is 6.98. The van der Waals surface area contributed by atoms with Crippen LogP contribution in [0.5, 0.6) is 0 Å². The third-order valence-electron chi connectivity index (χ3n) is 2.40. The van der Waals surface area contributed by atoms with Gasteiger partial charge in [0.1, 0.15) is 0 Å². The molecule has 0 fully saturated rings. The SMILES string of the molecule is C#CCCS(=O)(=O)c1nncc(-c2ccccc2)n1. The highest BCUT2D eigenvalue weighted by molar-refractivity contribution is 7.91. The van der Waals surface area contributed by atoms with E-state index in [1.54, 1.807) is 0 Å². The van der Waals surface area contributed by atoms with Crippen LogP contribution in [0.15, 0.2) is 41.7 Å². The van der Waals surface area contributed by atoms with E-state index in [-0.39, 0.29) is 17.3 Å². The van der Waals surface area contributed by atoms with Crippen molar-refractivity contribution >= 4 is 9.84 Å². The number of nitrogens with zero attached hydrogens (tertiary/aromatic N) is 3. The van der Waals surface area contributed by atoms with Crippen LogP contribution in [0.3, 0.4) is 0 Å². The Morgan fingerprint density at radius 2 is 1.95 bits per heavy atom. The van der Waals surface area contributed by atoms with Gasteiger partial charge in [-0.3, -0.25) is 0 Å². The zero-order chi connectivity index (χ0) is 13.7. The van der Waals surface area contributed by atoms with E-state index in [4.69, 9.17) is 6.42 Å². The smallest absolute Gasteiger partial charge is 0.220 e. The van der Waals surface area contributed by atoms with Gasteiger partial charge in [0.25, 0.3) is 5.16 Å². The highest BCUT2D eigenvalue weighted by atomic mass is 32.2. The van der Waals surface area contributed by atoms with Gasteiger partial charge in [-0.1, -0.05) is 30.3 Å². The van der Waals surface area contributed by atoms with E-state index in [0.29, 0.717) is 5.69 Å². The van der Waals surface area contributed by atoms with E-state index in [2.05, 4.69) is 21.1 Å². The first-order valence-electron chi connectivity index (χ1n) is 5.55. The van der Waals surface area contributed by atoms with Gasteiger partial charge in [-0.15, -0.1) is 17.4 Å². The van der Waals surface area contributed by atoms with E-state index >= 15 is 0 Å². The van der Waals surface area contributed by atoms with Crippen LogP contribution in [-0.2, 0) is 9.84 Å². The third kappa shape index (κ3) is 3.14. The maximum absolute atomic E-state index is 11.9. The summed E-state index contributed by atoms with van der Waals surface area (Å²) in [6.07, 6.45) is 6.62. The summed E-state index contributed by atoms with van der Waals surface area (Å²) in [5.41, 5.74) is 1.25. The molecule has 0 spiro atoms. The molecular formula is C13H11N3O2S. The molecule has 2 aromatic rings. The minimum absolute atomic E-state index is 0.126. The quantitative estimate of drug-likeness (QED) is 0.786. The lowest BCUT2D eigenvalue weighted by molar-refractivity contribution is 0.583. The van der Waals surface area contributed by atoms with Gasteiger partial charge in [0.2, 0.25) is 9.84 Å². The molecule has 0 saturated heterocycles. The zero-order valence-electron chi connectivity index (χ0n) is 10.0. The first kappa shape index (κ1) is 13.2. The summed E-state index contributed by atoms with van der Waals surface area (Å²) in [6, 6.07) is 9.18. The molecule has 0 N–H and O–H groups in total. The molecule has 0 saturated carbocycles. The average molecular weight is 273 g/mol. The van der Waals surface area contributed by atoms with Crippen molar-refractivity contribution in [2.24, 2.45) is 0 Å². The Balaban J connectivity index is 2.38. The molecule has 19 heavy (non-hydrogen) atoms. The summed E-state index contributed by atoms with van der Waals surface area (Å²) in [7, 11) is -3.58. The molecule has 0 unspecified atom stereocenters. The van der Waals surface area contributed by atoms with Crippen molar-refractivity contribution in [2.75, 3.05) is 5.75 Å². The van der Waals surface area contributed by atoms with Crippen molar-refractivity contribution in [3.05, 3.63) is 36.5 Å². The molecule has 6 heteroatoms. The van der Waals surface area contributed by atoms with Crippen LogP contribution < -0.4 is 0 Å². The fourth-order valence-electron chi connectivity index (χ4n) is 1.45. The van der Waals surface area contributed by atoms with Crippen LogP contribution in [0.1, 0.15) is 6.42 Å². The van der Waals surface area contributed by atoms with Crippen molar-refractivity contribution in [1.82, 2.24) is 15.2 Å². The maximum atomic E-state index is 11.9. The Morgan fingerprint density at radius 1 is 1.21 bits per heavy atom. The number of benzene rings is 1. The second-order valence-corrected chi connectivity index (χ2v) is 5.77. The predicted octanol–water partition coefficient (Wildman–Crippen LogP) is 1.34. The van der Waals surface area contributed by atoms with Gasteiger partial charge in [-0.05, 0) is 0 Å². The Hall–Kier alpha value is -2.26. The largest absolute Gasteiger partial charge is 0.268 e. The zero-order valence-corrected chi connectivity index (χ0v) is 10.8. The van der Waals surface area contributed by atoms with Crippen LogP contribution in [0.4, 0.5) is 0 Å². The second-order valence-electron chi connectivity index (χ2n) is 3.76. The fraction of sp³-hybridized carbons (Fsp3) is 0.154. The van der Waals surface area contributed by atoms with Crippen molar-refractivity contribution < 1.29 is 8.42 Å². The summed E-state index contributed by atoms with van der Waals surface area (Å²) in [6.45, 7) is 0. The van der Waals surface area contributed by atoms with Crippen LogP contribution >= 0.6 is 0 Å². The standard InChI is InChI=1S/C13H11N3O2S/c1-2-3-9-19(17,18)13-15-12(10-14-16-13)11-7-5-4-6-8-11/h1,4-8,10H,3,9H2.